The van der Waals surface area contributed by atoms with Crippen LogP contribution in [-0.2, 0) is 0 Å². The van der Waals surface area contributed by atoms with Crippen molar-refractivity contribution in [2.24, 2.45) is 21.9 Å². The van der Waals surface area contributed by atoms with Gasteiger partial charge < -0.3 is 15.8 Å². The van der Waals surface area contributed by atoms with Crippen LogP contribution >= 0.6 is 12.2 Å². The van der Waals surface area contributed by atoms with E-state index in [1.54, 1.807) is 0 Å². The first-order valence-electron chi connectivity index (χ1n) is 7.78. The van der Waals surface area contributed by atoms with Crippen LogP contribution in [0.15, 0.2) is 28.4 Å². The zero-order chi connectivity index (χ0) is 16.6. The van der Waals surface area contributed by atoms with Gasteiger partial charge in [0.25, 0.3) is 0 Å². The summed E-state index contributed by atoms with van der Waals surface area (Å²) in [4.78, 5) is 0. The third-order valence-corrected chi connectivity index (χ3v) is 4.38. The van der Waals surface area contributed by atoms with Gasteiger partial charge >= 0.3 is 0 Å². The maximum atomic E-state index is 10.8. The minimum atomic E-state index is -0.0505. The molecule has 2 heterocycles. The number of aromatic nitrogens is 1. The number of nitrogens with two attached hydrogens (primary N) is 1. The van der Waals surface area contributed by atoms with E-state index in [-0.39, 0.29) is 11.0 Å². The molecule has 1 fully saturated rings. The van der Waals surface area contributed by atoms with E-state index in [2.05, 4.69) is 22.2 Å². The van der Waals surface area contributed by atoms with Gasteiger partial charge in [-0.2, -0.15) is 0 Å². The van der Waals surface area contributed by atoms with E-state index in [9.17, 15) is 5.11 Å². The lowest BCUT2D eigenvalue weighted by atomic mass is 10.0. The Morgan fingerprint density at radius 1 is 1.43 bits per heavy atom. The molecule has 0 bridgehead atoms. The minimum absolute atomic E-state index is 0.0505. The van der Waals surface area contributed by atoms with Gasteiger partial charge in [0, 0.05) is 18.5 Å². The summed E-state index contributed by atoms with van der Waals surface area (Å²) in [5, 5.41) is 21.6. The second-order valence-corrected chi connectivity index (χ2v) is 6.57. The Balaban J connectivity index is 2.20. The molecule has 0 amide bonds. The van der Waals surface area contributed by atoms with E-state index in [0.717, 1.165) is 36.0 Å². The highest BCUT2D eigenvalue weighted by atomic mass is 32.1. The first kappa shape index (κ1) is 15.7. The van der Waals surface area contributed by atoms with Gasteiger partial charge in [-0.1, -0.05) is 19.1 Å². The van der Waals surface area contributed by atoms with E-state index in [1.165, 1.54) is 6.42 Å². The van der Waals surface area contributed by atoms with Crippen LogP contribution in [0.1, 0.15) is 25.3 Å². The predicted molar refractivity (Wildman–Crippen MR) is 96.0 cm³/mol. The largest absolute Gasteiger partial charge is 0.492 e. The number of fused-ring (bicyclic) bond motifs is 1. The number of hydrogen-bond donors (Lipinski definition) is 2. The highest BCUT2D eigenvalue weighted by Crippen LogP contribution is 2.41. The van der Waals surface area contributed by atoms with Crippen LogP contribution in [0.4, 0.5) is 5.69 Å². The fourth-order valence-electron chi connectivity index (χ4n) is 3.29. The van der Waals surface area contributed by atoms with Crippen molar-refractivity contribution < 1.29 is 5.11 Å². The Morgan fingerprint density at radius 2 is 2.22 bits per heavy atom. The SMILES string of the molecule is Cc1cccc2c1c(N=NC(N)=S)c(O)n2N1CCCC(C)C1. The third-order valence-electron chi connectivity index (χ3n) is 4.30. The Morgan fingerprint density at radius 3 is 2.91 bits per heavy atom. The topological polar surface area (TPSA) is 79.1 Å². The molecule has 1 aromatic heterocycles. The van der Waals surface area contributed by atoms with Crippen molar-refractivity contribution >= 4 is 33.9 Å². The predicted octanol–water partition coefficient (Wildman–Crippen LogP) is 3.35. The minimum Gasteiger partial charge on any atom is -0.492 e. The Labute approximate surface area is 140 Å². The monoisotopic (exact) mass is 331 g/mol. The lowest BCUT2D eigenvalue weighted by Gasteiger charge is -2.34. The second-order valence-electron chi connectivity index (χ2n) is 6.15. The zero-order valence-electron chi connectivity index (χ0n) is 13.4. The standard InChI is InChI=1S/C16H21N5OS/c1-10-5-4-8-20(9-10)21-12-7-3-6-11(2)13(12)14(15(21)22)18-19-16(17)23/h3,6-7,10,22H,4-5,8-9H2,1-2H3,(H2,17,23). The van der Waals surface area contributed by atoms with E-state index in [0.29, 0.717) is 11.6 Å². The number of aryl methyl sites for hydroxylation is 1. The Hall–Kier alpha value is -2.15. The number of rotatable bonds is 2. The molecule has 0 saturated carbocycles. The van der Waals surface area contributed by atoms with Gasteiger partial charge in [0.15, 0.2) is 5.69 Å². The van der Waals surface area contributed by atoms with Gasteiger partial charge in [-0.15, -0.1) is 10.2 Å². The highest BCUT2D eigenvalue weighted by molar-refractivity contribution is 7.80. The molecule has 23 heavy (non-hydrogen) atoms. The van der Waals surface area contributed by atoms with Crippen molar-refractivity contribution in [1.29, 1.82) is 0 Å². The fourth-order valence-corrected chi connectivity index (χ4v) is 3.33. The summed E-state index contributed by atoms with van der Waals surface area (Å²) in [5.74, 6) is 0.676. The Bertz CT molecular complexity index is 782. The summed E-state index contributed by atoms with van der Waals surface area (Å²) in [6.07, 6.45) is 2.32. The van der Waals surface area contributed by atoms with Crippen LogP contribution in [0, 0.1) is 12.8 Å². The average molecular weight is 331 g/mol. The normalized spacial score (nSPS) is 18.9. The van der Waals surface area contributed by atoms with Gasteiger partial charge in [-0.3, -0.25) is 0 Å². The smallest absolute Gasteiger partial charge is 0.239 e. The summed E-state index contributed by atoms with van der Waals surface area (Å²) < 4.78 is 1.85. The zero-order valence-corrected chi connectivity index (χ0v) is 14.2. The maximum absolute atomic E-state index is 10.8. The van der Waals surface area contributed by atoms with Crippen molar-refractivity contribution in [3.8, 4) is 5.88 Å². The quantitative estimate of drug-likeness (QED) is 0.653. The molecule has 1 aliphatic heterocycles. The lowest BCUT2D eigenvalue weighted by molar-refractivity contribution is 0.355. The number of azo groups is 1. The van der Waals surface area contributed by atoms with Crippen LogP contribution in [0.5, 0.6) is 5.88 Å². The summed E-state index contributed by atoms with van der Waals surface area (Å²) in [6, 6.07) is 5.96. The van der Waals surface area contributed by atoms with Crippen LogP contribution in [0.3, 0.4) is 0 Å². The molecule has 1 aliphatic rings. The van der Waals surface area contributed by atoms with Gasteiger partial charge in [-0.25, -0.2) is 4.68 Å². The van der Waals surface area contributed by atoms with Crippen LogP contribution in [0.25, 0.3) is 10.9 Å². The van der Waals surface area contributed by atoms with Crippen molar-refractivity contribution in [1.82, 2.24) is 4.68 Å². The molecule has 6 nitrogen and oxygen atoms in total. The maximum Gasteiger partial charge on any atom is 0.239 e. The second kappa shape index (κ2) is 6.16. The molecular weight excluding hydrogens is 310 g/mol. The number of aromatic hydroxyl groups is 1. The molecule has 2 aromatic rings. The fraction of sp³-hybridized carbons (Fsp3) is 0.438. The number of nitrogens with zero attached hydrogens (tertiary/aromatic N) is 4. The molecule has 0 aliphatic carbocycles. The van der Waals surface area contributed by atoms with Crippen molar-refractivity contribution in [3.05, 3.63) is 23.8 Å². The van der Waals surface area contributed by atoms with Crippen molar-refractivity contribution in [2.45, 2.75) is 26.7 Å². The molecule has 0 spiro atoms. The van der Waals surface area contributed by atoms with Crippen LogP contribution in [0.2, 0.25) is 0 Å². The molecule has 1 atom stereocenters. The first-order chi connectivity index (χ1) is 11.0. The van der Waals surface area contributed by atoms with E-state index < -0.39 is 0 Å². The van der Waals surface area contributed by atoms with Crippen LogP contribution in [-0.4, -0.2) is 28.0 Å². The number of benzene rings is 1. The molecule has 122 valence electrons. The van der Waals surface area contributed by atoms with Crippen molar-refractivity contribution in [2.75, 3.05) is 18.1 Å². The van der Waals surface area contributed by atoms with E-state index >= 15 is 0 Å². The molecule has 7 heteroatoms. The van der Waals surface area contributed by atoms with E-state index in [4.69, 9.17) is 18.0 Å². The molecular formula is C16H21N5OS. The number of hydrogen-bond acceptors (Lipinski definition) is 4. The first-order valence-corrected chi connectivity index (χ1v) is 8.19. The summed E-state index contributed by atoms with van der Waals surface area (Å²) >= 11 is 4.76. The highest BCUT2D eigenvalue weighted by Gasteiger charge is 2.25. The summed E-state index contributed by atoms with van der Waals surface area (Å²) in [7, 11) is 0. The lowest BCUT2D eigenvalue weighted by Crippen LogP contribution is -2.42. The molecule has 3 rings (SSSR count). The Kier molecular flexibility index (Phi) is 4.21. The van der Waals surface area contributed by atoms with Crippen molar-refractivity contribution in [3.63, 3.8) is 0 Å². The van der Waals surface area contributed by atoms with Crippen LogP contribution < -0.4 is 10.7 Å². The van der Waals surface area contributed by atoms with Gasteiger partial charge in [0.1, 0.15) is 0 Å². The van der Waals surface area contributed by atoms with Gasteiger partial charge in [-0.05, 0) is 49.5 Å². The molecule has 1 aromatic carbocycles. The summed E-state index contributed by atoms with van der Waals surface area (Å²) in [5.41, 5.74) is 7.78. The molecule has 0 radical (unpaired) electrons. The van der Waals surface area contributed by atoms with Gasteiger partial charge in [0.2, 0.25) is 11.0 Å². The van der Waals surface area contributed by atoms with Gasteiger partial charge in [0.05, 0.1) is 5.52 Å². The van der Waals surface area contributed by atoms with E-state index in [1.807, 2.05) is 29.8 Å². The number of thiocarbonyl (C=S) groups is 1. The molecule has 1 saturated heterocycles. The molecule has 3 N–H and O–H groups in total. The molecule has 1 unspecified atom stereocenters. The number of piperidine rings is 1. The third kappa shape index (κ3) is 2.88. The average Bonchev–Trinajstić information content (AvgIpc) is 2.78. The summed E-state index contributed by atoms with van der Waals surface area (Å²) in [6.45, 7) is 6.02.